The normalized spacial score (nSPS) is 5.77. The predicted octanol–water partition coefficient (Wildman–Crippen LogP) is -1.36. The minimum atomic E-state index is -0.0300. The van der Waals surface area contributed by atoms with Gasteiger partial charge in [0.2, 0.25) is 13.1 Å². The number of rotatable bonds is 3. The van der Waals surface area contributed by atoms with E-state index >= 15 is 0 Å². The van der Waals surface area contributed by atoms with E-state index in [0.29, 0.717) is 6.41 Å². The molecule has 0 heterocycles. The lowest BCUT2D eigenvalue weighted by atomic mass is 10.6. The fourth-order valence-electron chi connectivity index (χ4n) is 0.386. The summed E-state index contributed by atoms with van der Waals surface area (Å²) in [6.07, 6.45) is 6.74. The molecule has 4 nitrogen and oxygen atoms in total. The van der Waals surface area contributed by atoms with E-state index in [2.05, 4.69) is 35.0 Å². The molecule has 0 fully saturated rings. The Hall–Kier alpha value is -2.47. The molecule has 0 spiro atoms. The molecule has 1 amide bonds. The van der Waals surface area contributed by atoms with Crippen molar-refractivity contribution in [2.75, 3.05) is 6.67 Å². The van der Waals surface area contributed by atoms with E-state index in [1.807, 2.05) is 0 Å². The Labute approximate surface area is 75.6 Å². The summed E-state index contributed by atoms with van der Waals surface area (Å²) >= 11 is 0. The van der Waals surface area contributed by atoms with Gasteiger partial charge in [-0.25, -0.2) is 0 Å². The van der Waals surface area contributed by atoms with Crippen LogP contribution in [0.3, 0.4) is 0 Å². The van der Waals surface area contributed by atoms with E-state index < -0.39 is 0 Å². The highest BCUT2D eigenvalue weighted by Crippen LogP contribution is 1.62. The molecule has 0 rings (SSSR count). The maximum Gasteiger partial charge on any atom is 0.442 e. The van der Waals surface area contributed by atoms with Crippen LogP contribution in [0, 0.1) is 36.1 Å². The van der Waals surface area contributed by atoms with Crippen LogP contribution in [-0.4, -0.2) is 23.7 Å². The first kappa shape index (κ1) is 10.5. The van der Waals surface area contributed by atoms with Gasteiger partial charge >= 0.3 is 6.08 Å². The molecule has 4 heteroatoms. The van der Waals surface area contributed by atoms with Crippen molar-refractivity contribution in [2.24, 2.45) is 0 Å². The van der Waals surface area contributed by atoms with Gasteiger partial charge in [0.25, 0.3) is 6.04 Å². The molecular weight excluding hydrogens is 168 g/mol. The van der Waals surface area contributed by atoms with E-state index in [4.69, 9.17) is 6.42 Å². The van der Waals surface area contributed by atoms with Crippen LogP contribution >= 0.6 is 0 Å². The second kappa shape index (κ2) is 7.63. The molecule has 0 aromatic rings. The summed E-state index contributed by atoms with van der Waals surface area (Å²) in [5, 5.41) is 2.23. The highest BCUT2D eigenvalue weighted by Gasteiger charge is 1.96. The van der Waals surface area contributed by atoms with Crippen molar-refractivity contribution in [3.63, 3.8) is 0 Å². The third-order valence-corrected chi connectivity index (χ3v) is 0.831. The molecular formula is C9H5N2O2+. The van der Waals surface area contributed by atoms with Crippen LogP contribution in [0.15, 0.2) is 0 Å². The van der Waals surface area contributed by atoms with Gasteiger partial charge in [0, 0.05) is 5.92 Å². The second-order valence-electron chi connectivity index (χ2n) is 1.63. The van der Waals surface area contributed by atoms with Gasteiger partial charge in [0.15, 0.2) is 0 Å². The Morgan fingerprint density at radius 2 is 2.15 bits per heavy atom. The fourth-order valence-corrected chi connectivity index (χ4v) is 0.386. The number of carbonyl (C=O) groups is 1. The number of hydrogen-bond donors (Lipinski definition) is 1. The van der Waals surface area contributed by atoms with Crippen molar-refractivity contribution in [1.82, 2.24) is 5.32 Å². The van der Waals surface area contributed by atoms with Gasteiger partial charge in [-0.1, -0.05) is 0 Å². The zero-order valence-electron chi connectivity index (χ0n) is 6.63. The molecule has 1 N–H and O–H groups in total. The number of isocyanates is 1. The molecule has 0 aromatic heterocycles. The summed E-state index contributed by atoms with van der Waals surface area (Å²) in [6, 6.07) is 2.31. The number of amides is 1. The van der Waals surface area contributed by atoms with Crippen LogP contribution in [0.2, 0.25) is 0 Å². The molecule has 13 heavy (non-hydrogen) atoms. The van der Waals surface area contributed by atoms with Gasteiger partial charge in [-0.2, -0.15) is 4.79 Å². The third-order valence-electron chi connectivity index (χ3n) is 0.831. The summed E-state index contributed by atoms with van der Waals surface area (Å²) in [5.74, 6) is 8.88. The minimum absolute atomic E-state index is 0.0300. The van der Waals surface area contributed by atoms with Crippen molar-refractivity contribution >= 4 is 12.5 Å². The number of terminal acetylenes is 1. The Kier molecular flexibility index (Phi) is 6.18. The van der Waals surface area contributed by atoms with Gasteiger partial charge in [0.1, 0.15) is 0 Å². The molecule has 0 aliphatic rings. The molecule has 0 unspecified atom stereocenters. The maximum absolute atomic E-state index is 10.1. The number of nitrogens with zero attached hydrogens (tertiary/aromatic N) is 1. The molecule has 0 saturated carbocycles. The summed E-state index contributed by atoms with van der Waals surface area (Å²) in [6.45, 7) is -0.0300. The molecule has 0 aliphatic carbocycles. The van der Waals surface area contributed by atoms with Gasteiger partial charge in [0.05, 0.1) is 5.92 Å². The molecule has 0 saturated heterocycles. The Balaban J connectivity index is 4.28. The third kappa shape index (κ3) is 5.95. The summed E-state index contributed by atoms with van der Waals surface area (Å²) in [5.41, 5.74) is 0. The van der Waals surface area contributed by atoms with Gasteiger partial charge in [-0.3, -0.25) is 4.79 Å². The second-order valence-corrected chi connectivity index (χ2v) is 1.63. The van der Waals surface area contributed by atoms with Crippen LogP contribution in [-0.2, 0) is 9.59 Å². The average Bonchev–Trinajstić information content (AvgIpc) is 2.17. The van der Waals surface area contributed by atoms with Gasteiger partial charge in [-0.15, -0.1) is 6.42 Å². The minimum Gasteiger partial charge on any atom is -0.302 e. The summed E-state index contributed by atoms with van der Waals surface area (Å²) < 4.78 is 0.902. The van der Waals surface area contributed by atoms with Crippen molar-refractivity contribution in [1.29, 1.82) is 0 Å². The monoisotopic (exact) mass is 173 g/mol. The molecule has 62 valence electrons. The number of nitrogens with one attached hydrogen (secondary N) is 1. The first-order valence-corrected chi connectivity index (χ1v) is 3.13. The molecule has 0 atom stereocenters. The van der Waals surface area contributed by atoms with Crippen LogP contribution in [0.5, 0.6) is 0 Å². The zero-order valence-corrected chi connectivity index (χ0v) is 6.63. The van der Waals surface area contributed by atoms with Crippen LogP contribution in [0.4, 0.5) is 0 Å². The first-order valence-electron chi connectivity index (χ1n) is 3.13. The SMILES string of the molecule is C#CC#CC#C[N+](=C=O)CNC=O. The van der Waals surface area contributed by atoms with Crippen molar-refractivity contribution < 1.29 is 14.2 Å². The maximum atomic E-state index is 10.1. The number of carbonyl (C=O) groups excluding carboxylic acids is 2. The smallest absolute Gasteiger partial charge is 0.302 e. The van der Waals surface area contributed by atoms with Gasteiger partial charge in [-0.05, 0) is 16.4 Å². The average molecular weight is 173 g/mol. The van der Waals surface area contributed by atoms with E-state index in [-0.39, 0.29) is 6.67 Å². The summed E-state index contributed by atoms with van der Waals surface area (Å²) in [7, 11) is 0. The van der Waals surface area contributed by atoms with Gasteiger partial charge < -0.3 is 5.32 Å². The Bertz CT molecular complexity index is 389. The quantitative estimate of drug-likeness (QED) is 0.109. The highest BCUT2D eigenvalue weighted by atomic mass is 16.1. The van der Waals surface area contributed by atoms with Crippen LogP contribution in [0.25, 0.3) is 0 Å². The van der Waals surface area contributed by atoms with E-state index in [0.717, 1.165) is 4.58 Å². The van der Waals surface area contributed by atoms with E-state index in [1.165, 1.54) is 6.08 Å². The highest BCUT2D eigenvalue weighted by molar-refractivity contribution is 5.45. The standard InChI is InChI=1S/C9H4N2O2/c1-2-3-4-5-6-11(9-13)7-10-8-12/h1,8H,7H2/p+1. The Morgan fingerprint density at radius 1 is 1.38 bits per heavy atom. The van der Waals surface area contributed by atoms with Crippen LogP contribution in [0.1, 0.15) is 0 Å². The van der Waals surface area contributed by atoms with E-state index in [1.54, 1.807) is 0 Å². The number of hydrogen-bond acceptors (Lipinski definition) is 2. The molecule has 0 bridgehead atoms. The zero-order chi connectivity index (χ0) is 9.94. The lowest BCUT2D eigenvalue weighted by Crippen LogP contribution is -2.21. The lowest BCUT2D eigenvalue weighted by molar-refractivity contribution is -0.436. The Morgan fingerprint density at radius 3 is 2.69 bits per heavy atom. The molecule has 0 aromatic carbocycles. The first-order chi connectivity index (χ1) is 6.35. The van der Waals surface area contributed by atoms with Crippen LogP contribution < -0.4 is 5.32 Å². The fraction of sp³-hybridized carbons (Fsp3) is 0.111. The van der Waals surface area contributed by atoms with Crippen molar-refractivity contribution in [3.05, 3.63) is 0 Å². The summed E-state index contributed by atoms with van der Waals surface area (Å²) in [4.78, 5) is 20.0. The molecule has 0 radical (unpaired) electrons. The predicted molar refractivity (Wildman–Crippen MR) is 44.4 cm³/mol. The van der Waals surface area contributed by atoms with Crippen molar-refractivity contribution in [2.45, 2.75) is 0 Å². The molecule has 0 aliphatic heterocycles. The van der Waals surface area contributed by atoms with Crippen molar-refractivity contribution in [3.8, 4) is 36.1 Å². The lowest BCUT2D eigenvalue weighted by Gasteiger charge is -1.83. The van der Waals surface area contributed by atoms with E-state index in [9.17, 15) is 9.59 Å². The topological polar surface area (TPSA) is 49.2 Å². The largest absolute Gasteiger partial charge is 0.442 e.